The molecule has 0 radical (unpaired) electrons. The van der Waals surface area contributed by atoms with E-state index in [4.69, 9.17) is 10.00 Å². The molecule has 2 aliphatic rings. The lowest BCUT2D eigenvalue weighted by Gasteiger charge is -2.27. The summed E-state index contributed by atoms with van der Waals surface area (Å²) in [5, 5.41) is 21.9. The van der Waals surface area contributed by atoms with Crippen molar-refractivity contribution in [3.8, 4) is 11.9 Å². The first-order chi connectivity index (χ1) is 14.3. The number of nitrogens with zero attached hydrogens (tertiary/aromatic N) is 2. The van der Waals surface area contributed by atoms with Crippen molar-refractivity contribution < 1.29 is 27.8 Å². The van der Waals surface area contributed by atoms with Gasteiger partial charge in [0.25, 0.3) is 5.88 Å². The maximum atomic E-state index is 14.6. The zero-order valence-corrected chi connectivity index (χ0v) is 15.8. The van der Waals surface area contributed by atoms with E-state index in [-0.39, 0.29) is 23.2 Å². The van der Waals surface area contributed by atoms with Crippen LogP contribution in [0.1, 0.15) is 36.1 Å². The number of carboxylic acids is 1. The van der Waals surface area contributed by atoms with Crippen molar-refractivity contribution >= 4 is 5.97 Å². The molecule has 1 unspecified atom stereocenters. The average Bonchev–Trinajstić information content (AvgIpc) is 3.36. The molecular weight excluding hydrogens is 399 g/mol. The number of piperidine rings is 1. The van der Waals surface area contributed by atoms with Crippen LogP contribution in [0.4, 0.5) is 13.2 Å². The van der Waals surface area contributed by atoms with Crippen LogP contribution in [0.5, 0.6) is 5.88 Å². The lowest BCUT2D eigenvalue weighted by atomic mass is 9.82. The molecular formula is C21H18F3N3O3. The molecule has 0 bridgehead atoms. The Labute approximate surface area is 170 Å². The normalized spacial score (nSPS) is 21.8. The van der Waals surface area contributed by atoms with E-state index in [1.807, 2.05) is 0 Å². The van der Waals surface area contributed by atoms with Crippen LogP contribution in [0, 0.1) is 34.2 Å². The summed E-state index contributed by atoms with van der Waals surface area (Å²) in [7, 11) is 0. The molecule has 2 aromatic rings. The monoisotopic (exact) mass is 417 g/mol. The van der Waals surface area contributed by atoms with Crippen molar-refractivity contribution in [1.82, 2.24) is 10.3 Å². The fourth-order valence-corrected chi connectivity index (χ4v) is 4.44. The fourth-order valence-electron chi connectivity index (χ4n) is 4.44. The van der Waals surface area contributed by atoms with Gasteiger partial charge in [-0.25, -0.2) is 18.2 Å². The van der Waals surface area contributed by atoms with Crippen molar-refractivity contribution in [2.45, 2.75) is 31.3 Å². The van der Waals surface area contributed by atoms with Gasteiger partial charge in [-0.05, 0) is 49.9 Å². The first kappa shape index (κ1) is 20.2. The predicted molar refractivity (Wildman–Crippen MR) is 98.1 cm³/mol. The molecule has 4 rings (SSSR count). The third-order valence-corrected chi connectivity index (χ3v) is 6.16. The van der Waals surface area contributed by atoms with Crippen molar-refractivity contribution in [2.75, 3.05) is 13.1 Å². The average molecular weight is 417 g/mol. The van der Waals surface area contributed by atoms with E-state index < -0.39 is 46.7 Å². The number of aromatic nitrogens is 1. The van der Waals surface area contributed by atoms with Crippen molar-refractivity contribution in [3.05, 3.63) is 58.5 Å². The maximum absolute atomic E-state index is 14.6. The van der Waals surface area contributed by atoms with Gasteiger partial charge < -0.3 is 15.2 Å². The molecule has 30 heavy (non-hydrogen) atoms. The Morgan fingerprint density at radius 3 is 2.57 bits per heavy atom. The summed E-state index contributed by atoms with van der Waals surface area (Å²) in [5.74, 6) is -4.65. The van der Waals surface area contributed by atoms with E-state index in [0.29, 0.717) is 32.0 Å². The molecule has 6 nitrogen and oxygen atoms in total. The van der Waals surface area contributed by atoms with Crippen molar-refractivity contribution in [2.24, 2.45) is 5.41 Å². The number of carboxylic acid groups (broad SMARTS) is 1. The molecule has 1 saturated carbocycles. The van der Waals surface area contributed by atoms with E-state index >= 15 is 0 Å². The highest BCUT2D eigenvalue weighted by molar-refractivity contribution is 5.87. The Balaban J connectivity index is 1.65. The van der Waals surface area contributed by atoms with Gasteiger partial charge in [-0.1, -0.05) is 6.07 Å². The van der Waals surface area contributed by atoms with Gasteiger partial charge in [0.2, 0.25) is 0 Å². The van der Waals surface area contributed by atoms with Crippen LogP contribution in [-0.4, -0.2) is 29.1 Å². The van der Waals surface area contributed by atoms with E-state index in [2.05, 4.69) is 10.3 Å². The van der Waals surface area contributed by atoms with Gasteiger partial charge in [0.1, 0.15) is 23.7 Å². The second kappa shape index (κ2) is 7.29. The summed E-state index contributed by atoms with van der Waals surface area (Å²) in [6.07, 6.45) is 1.31. The minimum Gasteiger partial charge on any atom is -0.481 e. The quantitative estimate of drug-likeness (QED) is 0.777. The number of benzene rings is 1. The summed E-state index contributed by atoms with van der Waals surface area (Å²) in [4.78, 5) is 16.1. The molecule has 1 saturated heterocycles. The Morgan fingerprint density at radius 2 is 1.93 bits per heavy atom. The lowest BCUT2D eigenvalue weighted by Crippen LogP contribution is -2.37. The largest absolute Gasteiger partial charge is 0.481 e. The zero-order chi connectivity index (χ0) is 21.5. The zero-order valence-electron chi connectivity index (χ0n) is 15.8. The smallest absolute Gasteiger partial charge is 0.316 e. The van der Waals surface area contributed by atoms with E-state index in [0.717, 1.165) is 6.07 Å². The van der Waals surface area contributed by atoms with Crippen molar-refractivity contribution in [1.29, 1.82) is 5.26 Å². The number of rotatable bonds is 5. The molecule has 1 aromatic heterocycles. The van der Waals surface area contributed by atoms with E-state index in [1.165, 1.54) is 12.1 Å². The Bertz CT molecular complexity index is 1060. The van der Waals surface area contributed by atoms with E-state index in [1.54, 1.807) is 6.07 Å². The first-order valence-electron chi connectivity index (χ1n) is 9.45. The molecule has 2 N–H and O–H groups in total. The second-order valence-electron chi connectivity index (χ2n) is 7.73. The topological polar surface area (TPSA) is 95.2 Å². The number of nitriles is 1. The first-order valence-corrected chi connectivity index (χ1v) is 9.45. The van der Waals surface area contributed by atoms with Gasteiger partial charge in [-0.15, -0.1) is 0 Å². The number of carbonyl (C=O) groups is 1. The van der Waals surface area contributed by atoms with Crippen molar-refractivity contribution in [3.63, 3.8) is 0 Å². The van der Waals surface area contributed by atoms with Crippen LogP contribution < -0.4 is 10.1 Å². The minimum absolute atomic E-state index is 0.0512. The summed E-state index contributed by atoms with van der Waals surface area (Å²) < 4.78 is 48.2. The predicted octanol–water partition coefficient (Wildman–Crippen LogP) is 3.05. The van der Waals surface area contributed by atoms with Crippen LogP contribution in [0.2, 0.25) is 0 Å². The molecule has 1 aliphatic heterocycles. The Hall–Kier alpha value is -3.12. The summed E-state index contributed by atoms with van der Waals surface area (Å²) in [6.45, 7) is 0.806. The Kier molecular flexibility index (Phi) is 4.90. The second-order valence-corrected chi connectivity index (χ2v) is 7.73. The summed E-state index contributed by atoms with van der Waals surface area (Å²) >= 11 is 0. The number of ether oxygens (including phenoxy) is 1. The molecule has 2 heterocycles. The molecule has 1 atom stereocenters. The van der Waals surface area contributed by atoms with Gasteiger partial charge in [0.15, 0.2) is 5.82 Å². The lowest BCUT2D eigenvalue weighted by molar-refractivity contribution is -0.141. The summed E-state index contributed by atoms with van der Waals surface area (Å²) in [6, 6.07) is 6.08. The third kappa shape index (κ3) is 3.08. The highest BCUT2D eigenvalue weighted by Gasteiger charge is 2.74. The van der Waals surface area contributed by atoms with Crippen LogP contribution in [0.15, 0.2) is 24.3 Å². The number of halogens is 3. The third-order valence-electron chi connectivity index (χ3n) is 6.16. The number of nitrogens with one attached hydrogen (secondary N) is 1. The maximum Gasteiger partial charge on any atom is 0.316 e. The van der Waals surface area contributed by atoms with Gasteiger partial charge in [0, 0.05) is 11.6 Å². The Morgan fingerprint density at radius 1 is 1.20 bits per heavy atom. The van der Waals surface area contributed by atoms with Crippen LogP contribution in [0.3, 0.4) is 0 Å². The van der Waals surface area contributed by atoms with Gasteiger partial charge in [0.05, 0.1) is 17.3 Å². The molecule has 9 heteroatoms. The SMILES string of the molecule is N#Cc1ccc(COc2nc(C3(C(=O)O)CC34CCNCC4)c(F)cc2F)c(F)c1. The highest BCUT2D eigenvalue weighted by Crippen LogP contribution is 2.69. The number of hydrogen-bond acceptors (Lipinski definition) is 5. The van der Waals surface area contributed by atoms with Gasteiger partial charge >= 0.3 is 5.97 Å². The molecule has 0 amide bonds. The van der Waals surface area contributed by atoms with Crippen LogP contribution >= 0.6 is 0 Å². The van der Waals surface area contributed by atoms with Gasteiger partial charge in [-0.2, -0.15) is 5.26 Å². The fraction of sp³-hybridized carbons (Fsp3) is 0.381. The number of aliphatic carboxylic acids is 1. The van der Waals surface area contributed by atoms with Gasteiger partial charge in [-0.3, -0.25) is 4.79 Å². The molecule has 1 aliphatic carbocycles. The number of hydrogen-bond donors (Lipinski definition) is 2. The van der Waals surface area contributed by atoms with Crippen LogP contribution in [-0.2, 0) is 16.8 Å². The standard InChI is InChI=1S/C21H18F3N3O3/c22-14-7-12(9-25)1-2-13(14)10-30-18-16(24)8-15(23)17(27-18)21(19(28)29)11-20(21)3-5-26-6-4-20/h1-2,7-8,26H,3-6,10-11H2,(H,28,29). The molecule has 1 spiro atoms. The van der Waals surface area contributed by atoms with Crippen LogP contribution in [0.25, 0.3) is 0 Å². The summed E-state index contributed by atoms with van der Waals surface area (Å²) in [5.41, 5.74) is -2.35. The molecule has 156 valence electrons. The molecule has 1 aromatic carbocycles. The van der Waals surface area contributed by atoms with E-state index in [9.17, 15) is 23.1 Å². The highest BCUT2D eigenvalue weighted by atomic mass is 19.1. The number of pyridine rings is 1. The minimum atomic E-state index is -1.54. The molecule has 2 fully saturated rings.